The van der Waals surface area contributed by atoms with Crippen LogP contribution in [-0.4, -0.2) is 59.0 Å². The molecule has 0 aliphatic rings. The second kappa shape index (κ2) is 15.6. The third-order valence-electron chi connectivity index (χ3n) is 5.74. The quantitative estimate of drug-likeness (QED) is 0.314. The molecule has 3 unspecified atom stereocenters. The first-order chi connectivity index (χ1) is 17.0. The van der Waals surface area contributed by atoms with E-state index in [1.807, 2.05) is 44.4 Å². The highest BCUT2D eigenvalue weighted by molar-refractivity contribution is 7.98. The third-order valence-corrected chi connectivity index (χ3v) is 6.38. The molecule has 0 aliphatic carbocycles. The van der Waals surface area contributed by atoms with E-state index in [1.54, 1.807) is 43.5 Å². The van der Waals surface area contributed by atoms with Gasteiger partial charge < -0.3 is 20.3 Å². The lowest BCUT2D eigenvalue weighted by Crippen LogP contribution is -2.55. The topological polar surface area (TPSA) is 87.7 Å². The maximum absolute atomic E-state index is 14.1. The van der Waals surface area contributed by atoms with Gasteiger partial charge in [0.25, 0.3) is 0 Å². The first kappa shape index (κ1) is 31.5. The van der Waals surface area contributed by atoms with E-state index in [2.05, 4.69) is 24.1 Å². The largest absolute Gasteiger partial charge is 0.444 e. The Labute approximate surface area is 221 Å². The summed E-state index contributed by atoms with van der Waals surface area (Å²) in [4.78, 5) is 41.9. The van der Waals surface area contributed by atoms with Crippen molar-refractivity contribution >= 4 is 35.7 Å². The van der Waals surface area contributed by atoms with E-state index in [0.29, 0.717) is 30.7 Å². The zero-order valence-corrected chi connectivity index (χ0v) is 23.9. The molecule has 0 aromatic heterocycles. The van der Waals surface area contributed by atoms with Gasteiger partial charge in [0.15, 0.2) is 0 Å². The van der Waals surface area contributed by atoms with Gasteiger partial charge in [-0.1, -0.05) is 51.1 Å². The van der Waals surface area contributed by atoms with Crippen LogP contribution in [0.4, 0.5) is 4.79 Å². The molecule has 0 saturated carbocycles. The molecule has 3 atom stereocenters. The van der Waals surface area contributed by atoms with Crippen molar-refractivity contribution in [2.24, 2.45) is 0 Å². The number of hydrogen-bond acceptors (Lipinski definition) is 5. The predicted molar refractivity (Wildman–Crippen MR) is 150 cm³/mol. The van der Waals surface area contributed by atoms with Crippen LogP contribution in [0.5, 0.6) is 0 Å². The molecule has 0 aliphatic heterocycles. The number of nitrogens with zero attached hydrogens (tertiary/aromatic N) is 1. The smallest absolute Gasteiger partial charge is 0.408 e. The molecule has 36 heavy (non-hydrogen) atoms. The van der Waals surface area contributed by atoms with Crippen molar-refractivity contribution in [3.63, 3.8) is 0 Å². The van der Waals surface area contributed by atoms with E-state index in [4.69, 9.17) is 4.74 Å². The zero-order chi connectivity index (χ0) is 27.3. The minimum Gasteiger partial charge on any atom is -0.444 e. The van der Waals surface area contributed by atoms with Crippen molar-refractivity contribution in [1.82, 2.24) is 15.5 Å². The van der Waals surface area contributed by atoms with E-state index in [1.165, 1.54) is 0 Å². The van der Waals surface area contributed by atoms with Gasteiger partial charge in [-0.15, -0.1) is 0 Å². The standard InChI is InChI=1S/C28H45N3O4S/c1-9-12-17-29-25(32)24(22-15-13-14-21(11-3)19-22)31(20(4)10-2)26(33)23(16-18-36-8)30-27(34)35-28(5,6)7/h11,13-15,19-20,23-24H,3,9-10,12,16-18H2,1-2,4-8H3,(H,29,32)(H,30,34). The molecule has 7 nitrogen and oxygen atoms in total. The van der Waals surface area contributed by atoms with Gasteiger partial charge in [0, 0.05) is 12.6 Å². The highest BCUT2D eigenvalue weighted by Gasteiger charge is 2.38. The molecule has 1 aromatic carbocycles. The molecular weight excluding hydrogens is 474 g/mol. The number of carbonyl (C=O) groups is 3. The second-order valence-corrected chi connectivity index (χ2v) is 10.9. The zero-order valence-electron chi connectivity index (χ0n) is 23.1. The SMILES string of the molecule is C=Cc1cccc(C(C(=O)NCCCC)N(C(=O)C(CCSC)NC(=O)OC(C)(C)C)C(C)CC)c1. The van der Waals surface area contributed by atoms with Gasteiger partial charge in [-0.25, -0.2) is 4.79 Å². The van der Waals surface area contributed by atoms with Gasteiger partial charge in [0.05, 0.1) is 0 Å². The molecule has 0 heterocycles. The fraction of sp³-hybridized carbons (Fsp3) is 0.607. The van der Waals surface area contributed by atoms with Crippen molar-refractivity contribution in [3.8, 4) is 0 Å². The van der Waals surface area contributed by atoms with Crippen molar-refractivity contribution in [2.75, 3.05) is 18.6 Å². The molecule has 0 saturated heterocycles. The molecule has 1 aromatic rings. The maximum atomic E-state index is 14.1. The number of thioether (sulfide) groups is 1. The van der Waals surface area contributed by atoms with Crippen LogP contribution in [0.25, 0.3) is 6.08 Å². The Morgan fingerprint density at radius 2 is 1.92 bits per heavy atom. The lowest BCUT2D eigenvalue weighted by molar-refractivity contribution is -0.145. The number of alkyl carbamates (subject to hydrolysis) is 1. The van der Waals surface area contributed by atoms with Gasteiger partial charge in [-0.05, 0) is 76.2 Å². The number of ether oxygens (including phenoxy) is 1. The summed E-state index contributed by atoms with van der Waals surface area (Å²) in [6.45, 7) is 15.7. The van der Waals surface area contributed by atoms with Crippen LogP contribution in [0.1, 0.15) is 84.4 Å². The number of unbranched alkanes of at least 4 members (excludes halogenated alkanes) is 1. The van der Waals surface area contributed by atoms with Crippen molar-refractivity contribution in [3.05, 3.63) is 42.0 Å². The summed E-state index contributed by atoms with van der Waals surface area (Å²) in [6.07, 6.45) is 5.88. The summed E-state index contributed by atoms with van der Waals surface area (Å²) in [5, 5.41) is 5.79. The van der Waals surface area contributed by atoms with Crippen LogP contribution >= 0.6 is 11.8 Å². The number of amides is 3. The summed E-state index contributed by atoms with van der Waals surface area (Å²) < 4.78 is 5.44. The third kappa shape index (κ3) is 10.2. The highest BCUT2D eigenvalue weighted by Crippen LogP contribution is 2.28. The molecule has 0 radical (unpaired) electrons. The molecule has 2 N–H and O–H groups in total. The Morgan fingerprint density at radius 3 is 2.47 bits per heavy atom. The summed E-state index contributed by atoms with van der Waals surface area (Å²) >= 11 is 1.59. The number of carbonyl (C=O) groups excluding carboxylic acids is 3. The van der Waals surface area contributed by atoms with Crippen LogP contribution in [0.3, 0.4) is 0 Å². The summed E-state index contributed by atoms with van der Waals surface area (Å²) in [7, 11) is 0. The van der Waals surface area contributed by atoms with Gasteiger partial charge in [0.1, 0.15) is 17.7 Å². The molecule has 0 bridgehead atoms. The van der Waals surface area contributed by atoms with Crippen molar-refractivity contribution < 1.29 is 19.1 Å². The van der Waals surface area contributed by atoms with E-state index < -0.39 is 23.8 Å². The first-order valence-corrected chi connectivity index (χ1v) is 14.2. The maximum Gasteiger partial charge on any atom is 0.408 e. The van der Waals surface area contributed by atoms with Crippen LogP contribution in [0.15, 0.2) is 30.8 Å². The van der Waals surface area contributed by atoms with Gasteiger partial charge >= 0.3 is 6.09 Å². The van der Waals surface area contributed by atoms with Crippen molar-refractivity contribution in [1.29, 1.82) is 0 Å². The van der Waals surface area contributed by atoms with Crippen LogP contribution in [0.2, 0.25) is 0 Å². The average Bonchev–Trinajstić information content (AvgIpc) is 2.83. The lowest BCUT2D eigenvalue weighted by Gasteiger charge is -2.38. The molecule has 0 spiro atoms. The molecule has 8 heteroatoms. The van der Waals surface area contributed by atoms with E-state index in [9.17, 15) is 14.4 Å². The first-order valence-electron chi connectivity index (χ1n) is 12.8. The van der Waals surface area contributed by atoms with Gasteiger partial charge in [-0.2, -0.15) is 11.8 Å². The Morgan fingerprint density at radius 1 is 1.22 bits per heavy atom. The summed E-state index contributed by atoms with van der Waals surface area (Å²) in [6, 6.07) is 5.60. The molecular formula is C28H45N3O4S. The molecule has 1 rings (SSSR count). The van der Waals surface area contributed by atoms with E-state index in [-0.39, 0.29) is 17.9 Å². The van der Waals surface area contributed by atoms with E-state index >= 15 is 0 Å². The average molecular weight is 520 g/mol. The minimum absolute atomic E-state index is 0.237. The Kier molecular flexibility index (Phi) is 13.7. The van der Waals surface area contributed by atoms with Gasteiger partial charge in [0.2, 0.25) is 11.8 Å². The lowest BCUT2D eigenvalue weighted by atomic mass is 9.98. The molecule has 0 fully saturated rings. The van der Waals surface area contributed by atoms with Crippen LogP contribution in [-0.2, 0) is 14.3 Å². The summed E-state index contributed by atoms with van der Waals surface area (Å²) in [5.41, 5.74) is 0.873. The predicted octanol–water partition coefficient (Wildman–Crippen LogP) is 5.56. The van der Waals surface area contributed by atoms with Crippen LogP contribution in [0, 0.1) is 0 Å². The fourth-order valence-electron chi connectivity index (χ4n) is 3.70. The fourth-order valence-corrected chi connectivity index (χ4v) is 4.17. The van der Waals surface area contributed by atoms with E-state index in [0.717, 1.165) is 18.4 Å². The second-order valence-electron chi connectivity index (χ2n) is 9.90. The molecule has 202 valence electrons. The summed E-state index contributed by atoms with van der Waals surface area (Å²) in [5.74, 6) is 0.128. The highest BCUT2D eigenvalue weighted by atomic mass is 32.2. The van der Waals surface area contributed by atoms with Gasteiger partial charge in [-0.3, -0.25) is 9.59 Å². The van der Waals surface area contributed by atoms with Crippen molar-refractivity contribution in [2.45, 2.75) is 91.0 Å². The number of benzene rings is 1. The van der Waals surface area contributed by atoms with Crippen LogP contribution < -0.4 is 10.6 Å². The monoisotopic (exact) mass is 519 g/mol. The Balaban J connectivity index is 3.50. The number of hydrogen-bond donors (Lipinski definition) is 2. The minimum atomic E-state index is -0.846. The molecule has 3 amide bonds. The number of rotatable bonds is 14. The number of nitrogens with one attached hydrogen (secondary N) is 2. The Bertz CT molecular complexity index is 869. The Hall–Kier alpha value is -2.48. The normalized spacial score (nSPS) is 13.8.